The van der Waals surface area contributed by atoms with Gasteiger partial charge in [0.15, 0.2) is 0 Å². The monoisotopic (exact) mass is 317 g/mol. The second-order valence-electron chi connectivity index (χ2n) is 3.70. The Morgan fingerprint density at radius 1 is 1.22 bits per heavy atom. The average molecular weight is 318 g/mol. The molecular weight excluding hydrogens is 304 g/mol. The predicted molar refractivity (Wildman–Crippen MR) is 65.6 cm³/mol. The van der Waals surface area contributed by atoms with Gasteiger partial charge in [0.2, 0.25) is 0 Å². The molecule has 1 heterocycles. The number of methoxy groups -OCH3 is 1. The number of benzene rings is 1. The molecule has 0 radical (unpaired) electrons. The van der Waals surface area contributed by atoms with E-state index in [-0.39, 0.29) is 64.0 Å². The number of rotatable bonds is 4. The van der Waals surface area contributed by atoms with E-state index in [9.17, 15) is 0 Å². The summed E-state index contributed by atoms with van der Waals surface area (Å²) in [4.78, 5) is 7.98. The van der Waals surface area contributed by atoms with E-state index >= 15 is 0 Å². The largest absolute Gasteiger partial charge is 1.00 e. The van der Waals surface area contributed by atoms with E-state index in [1.54, 1.807) is 7.11 Å². The zero-order valence-corrected chi connectivity index (χ0v) is 15.8. The minimum Gasteiger partial charge on any atom is -0.491 e. The number of aromatic nitrogens is 2. The van der Waals surface area contributed by atoms with Crippen molar-refractivity contribution in [3.63, 3.8) is 0 Å². The summed E-state index contributed by atoms with van der Waals surface area (Å²) in [5, 5.41) is 0.740. The zero-order valence-electron chi connectivity index (χ0n) is 10.9. The molecule has 0 aliphatic carbocycles. The van der Waals surface area contributed by atoms with Crippen molar-refractivity contribution >= 4 is 16.7 Å². The number of aryl methyl sites for hydroxylation is 1. The Hall–Kier alpha value is -0.0748. The average Bonchev–Trinajstić information content (AvgIpc) is 2.31. The Labute approximate surface area is 155 Å². The van der Waals surface area contributed by atoms with Crippen molar-refractivity contribution in [3.05, 3.63) is 29.8 Å². The van der Waals surface area contributed by atoms with Crippen LogP contribution in [0.25, 0.3) is 16.6 Å². The van der Waals surface area contributed by atoms with Crippen molar-refractivity contribution < 1.29 is 67.7 Å². The molecule has 0 aliphatic heterocycles. The van der Waals surface area contributed by atoms with Crippen molar-refractivity contribution in [2.24, 2.45) is 0 Å². The molecule has 5 nitrogen and oxygen atoms in total. The summed E-state index contributed by atoms with van der Waals surface area (Å²) >= 11 is 0. The van der Waals surface area contributed by atoms with Gasteiger partial charge in [-0.2, -0.15) is 0 Å². The molecule has 2 aromatic rings. The smallest absolute Gasteiger partial charge is 0.491 e. The third-order valence-electron chi connectivity index (χ3n) is 2.48. The van der Waals surface area contributed by atoms with Crippen LogP contribution in [0.5, 0.6) is 5.75 Å². The molecule has 1 N–H and O–H groups in total. The maximum atomic E-state index is 7.69. The van der Waals surface area contributed by atoms with Crippen molar-refractivity contribution in [2.45, 2.75) is 6.92 Å². The van der Waals surface area contributed by atoms with Crippen molar-refractivity contribution in [1.29, 1.82) is 0 Å². The van der Waals surface area contributed by atoms with Crippen LogP contribution >= 0.6 is 0 Å². The van der Waals surface area contributed by atoms with Crippen LogP contribution in [0.3, 0.4) is 0 Å². The van der Waals surface area contributed by atoms with Crippen molar-refractivity contribution in [2.75, 3.05) is 20.3 Å². The SMILES string of the molecule is COCCOc1cc2ncnc([NH-])c2cc1C.[Rb+]. The van der Waals surface area contributed by atoms with Gasteiger partial charge in [0, 0.05) is 19.5 Å². The molecule has 0 amide bonds. The third kappa shape index (κ3) is 3.71. The predicted octanol–water partition coefficient (Wildman–Crippen LogP) is -0.349. The van der Waals surface area contributed by atoms with Gasteiger partial charge in [-0.05, 0) is 23.9 Å². The van der Waals surface area contributed by atoms with E-state index in [1.807, 2.05) is 19.1 Å². The van der Waals surface area contributed by atoms with Crippen molar-refractivity contribution in [1.82, 2.24) is 9.97 Å². The van der Waals surface area contributed by atoms with E-state index in [4.69, 9.17) is 15.2 Å². The second-order valence-corrected chi connectivity index (χ2v) is 3.70. The van der Waals surface area contributed by atoms with Gasteiger partial charge >= 0.3 is 58.2 Å². The number of hydrogen-bond acceptors (Lipinski definition) is 4. The van der Waals surface area contributed by atoms with Crippen LogP contribution in [0.4, 0.5) is 5.82 Å². The normalized spacial score (nSPS) is 10.1. The standard InChI is InChI=1S/C12H14N3O2.Rb/c1-8-5-9-10(14-7-15-12(9)13)6-11(8)17-4-3-16-2;/h5-7H,3-4H2,1-2H3,(H-,13,14,15);/q-1;+1. The van der Waals surface area contributed by atoms with Crippen LogP contribution in [0, 0.1) is 6.92 Å². The molecule has 0 aliphatic rings. The molecule has 6 heteroatoms. The molecule has 0 spiro atoms. The maximum Gasteiger partial charge on any atom is 1.00 e. The van der Waals surface area contributed by atoms with Gasteiger partial charge in [-0.15, -0.1) is 0 Å². The first-order chi connectivity index (χ1) is 8.22. The molecule has 0 unspecified atom stereocenters. The van der Waals surface area contributed by atoms with Gasteiger partial charge in [0.05, 0.1) is 12.1 Å². The molecule has 0 atom stereocenters. The Kier molecular flexibility index (Phi) is 6.66. The van der Waals surface area contributed by atoms with E-state index in [2.05, 4.69) is 9.97 Å². The molecular formula is C12H14N3O2Rb. The van der Waals surface area contributed by atoms with Crippen LogP contribution in [-0.4, -0.2) is 30.3 Å². The molecule has 0 fully saturated rings. The first-order valence-corrected chi connectivity index (χ1v) is 5.31. The Bertz CT molecular complexity index is 534. The van der Waals surface area contributed by atoms with Gasteiger partial charge < -0.3 is 20.2 Å². The molecule has 0 saturated heterocycles. The molecule has 1 aromatic carbocycles. The molecule has 18 heavy (non-hydrogen) atoms. The van der Waals surface area contributed by atoms with Gasteiger partial charge in [0.25, 0.3) is 0 Å². The minimum atomic E-state index is 0. The molecule has 0 saturated carbocycles. The van der Waals surface area contributed by atoms with E-state index in [0.717, 1.165) is 22.2 Å². The molecule has 2 rings (SSSR count). The van der Waals surface area contributed by atoms with Crippen LogP contribution in [0.2, 0.25) is 0 Å². The van der Waals surface area contributed by atoms with Gasteiger partial charge in [-0.1, -0.05) is 5.82 Å². The second kappa shape index (κ2) is 7.50. The van der Waals surface area contributed by atoms with Crippen LogP contribution in [-0.2, 0) is 4.74 Å². The van der Waals surface area contributed by atoms with E-state index in [1.165, 1.54) is 6.33 Å². The van der Waals surface area contributed by atoms with Gasteiger partial charge in [-0.3, -0.25) is 4.98 Å². The summed E-state index contributed by atoms with van der Waals surface area (Å²) in [5.41, 5.74) is 9.38. The quantitative estimate of drug-likeness (QED) is 0.723. The fourth-order valence-corrected chi connectivity index (χ4v) is 1.58. The van der Waals surface area contributed by atoms with Crippen LogP contribution in [0.1, 0.15) is 5.56 Å². The van der Waals surface area contributed by atoms with Gasteiger partial charge in [0.1, 0.15) is 12.4 Å². The van der Waals surface area contributed by atoms with Crippen LogP contribution in [0.15, 0.2) is 18.5 Å². The number of nitrogens with zero attached hydrogens (tertiary/aromatic N) is 2. The summed E-state index contributed by atoms with van der Waals surface area (Å²) < 4.78 is 10.5. The summed E-state index contributed by atoms with van der Waals surface area (Å²) in [5.74, 6) is 1.01. The van der Waals surface area contributed by atoms with E-state index < -0.39 is 0 Å². The fraction of sp³-hybridized carbons (Fsp3) is 0.333. The first kappa shape index (κ1) is 16.0. The fourth-order valence-electron chi connectivity index (χ4n) is 1.58. The first-order valence-electron chi connectivity index (χ1n) is 5.31. The number of ether oxygens (including phenoxy) is 2. The minimum absolute atomic E-state index is 0. The van der Waals surface area contributed by atoms with Crippen molar-refractivity contribution in [3.8, 4) is 5.75 Å². The summed E-state index contributed by atoms with van der Waals surface area (Å²) in [7, 11) is 1.64. The molecule has 90 valence electrons. The van der Waals surface area contributed by atoms with Crippen LogP contribution < -0.4 is 62.9 Å². The Morgan fingerprint density at radius 2 is 2.00 bits per heavy atom. The van der Waals surface area contributed by atoms with Gasteiger partial charge in [-0.25, -0.2) is 0 Å². The summed E-state index contributed by atoms with van der Waals surface area (Å²) in [6.45, 7) is 2.99. The topological polar surface area (TPSA) is 68.0 Å². The van der Waals surface area contributed by atoms with E-state index in [0.29, 0.717) is 13.2 Å². The number of fused-ring (bicyclic) bond motifs is 1. The molecule has 0 bridgehead atoms. The summed E-state index contributed by atoms with van der Waals surface area (Å²) in [6.07, 6.45) is 1.39. The number of hydrogen-bond donors (Lipinski definition) is 0. The zero-order chi connectivity index (χ0) is 12.3. The Morgan fingerprint density at radius 3 is 2.72 bits per heavy atom. The summed E-state index contributed by atoms with van der Waals surface area (Å²) in [6, 6.07) is 3.71. The number of nitrogens with one attached hydrogen (secondary N) is 1. The maximum absolute atomic E-state index is 7.69. The molecule has 1 aromatic heterocycles. The third-order valence-corrected chi connectivity index (χ3v) is 2.48. The Balaban J connectivity index is 0.00000162.